The van der Waals surface area contributed by atoms with Crippen molar-refractivity contribution in [2.75, 3.05) is 5.32 Å². The van der Waals surface area contributed by atoms with Crippen molar-refractivity contribution in [3.8, 4) is 0 Å². The van der Waals surface area contributed by atoms with Crippen LogP contribution in [-0.4, -0.2) is 0 Å². The molecule has 8 rings (SSSR count). The van der Waals surface area contributed by atoms with Crippen molar-refractivity contribution in [1.29, 1.82) is 0 Å². The van der Waals surface area contributed by atoms with Gasteiger partial charge in [0.25, 0.3) is 0 Å². The molecular formula is C48H43NO. The Morgan fingerprint density at radius 3 is 2.46 bits per heavy atom. The molecule has 0 fully saturated rings. The number of hydrogen-bond donors (Lipinski definition) is 1. The molecule has 0 bridgehead atoms. The standard InChI is InChI=1S/C48H43NO/c1-6-35-32(3)36-13-7-8-14-37(36)39(27-28-49-34-23-25-45-42(30-34)40-15-9-11-17-44(40)48(45,4)5)38(35)24-20-31(2)19-21-33-22-26-47-43(29-33)41-16-10-12-18-46(41)50-47/h6-10,12-16,18-20,22-30,49H,1,11,17,21H2,2-5H3/b24-20-,28-27+,31-19+. The van der Waals surface area contributed by atoms with Crippen molar-refractivity contribution in [2.24, 2.45) is 0 Å². The zero-order chi connectivity index (χ0) is 34.4. The van der Waals surface area contributed by atoms with Crippen LogP contribution in [0.15, 0.2) is 138 Å². The number of benzene rings is 5. The zero-order valence-corrected chi connectivity index (χ0v) is 29.4. The lowest BCUT2D eigenvalue weighted by Gasteiger charge is -2.25. The molecule has 0 saturated heterocycles. The predicted octanol–water partition coefficient (Wildman–Crippen LogP) is 13.4. The van der Waals surface area contributed by atoms with Crippen molar-refractivity contribution in [2.45, 2.75) is 52.4 Å². The highest BCUT2D eigenvalue weighted by Crippen LogP contribution is 2.50. The quantitative estimate of drug-likeness (QED) is 0.166. The molecule has 6 aromatic rings. The Hall–Kier alpha value is -5.60. The van der Waals surface area contributed by atoms with Gasteiger partial charge >= 0.3 is 0 Å². The van der Waals surface area contributed by atoms with E-state index in [0.29, 0.717) is 0 Å². The summed E-state index contributed by atoms with van der Waals surface area (Å²) in [5, 5.41) is 8.43. The number of nitrogens with one attached hydrogen (secondary N) is 1. The van der Waals surface area contributed by atoms with Crippen molar-refractivity contribution >= 4 is 62.2 Å². The van der Waals surface area contributed by atoms with E-state index in [1.807, 2.05) is 18.2 Å². The van der Waals surface area contributed by atoms with Gasteiger partial charge in [-0.05, 0) is 125 Å². The Balaban J connectivity index is 1.10. The molecule has 0 radical (unpaired) electrons. The summed E-state index contributed by atoms with van der Waals surface area (Å²) < 4.78 is 6.04. The van der Waals surface area contributed by atoms with Gasteiger partial charge in [0.1, 0.15) is 11.2 Å². The van der Waals surface area contributed by atoms with E-state index < -0.39 is 0 Å². The first kappa shape index (κ1) is 31.7. The molecule has 2 aliphatic carbocycles. The van der Waals surface area contributed by atoms with Gasteiger partial charge in [-0.25, -0.2) is 0 Å². The Morgan fingerprint density at radius 1 is 0.840 bits per heavy atom. The molecule has 0 unspecified atom stereocenters. The summed E-state index contributed by atoms with van der Waals surface area (Å²) >= 11 is 0. The molecule has 0 aliphatic heterocycles. The normalized spacial score (nSPS) is 15.6. The summed E-state index contributed by atoms with van der Waals surface area (Å²) in [4.78, 5) is 0. The fraction of sp³-hybridized carbons (Fsp3) is 0.167. The van der Waals surface area contributed by atoms with Crippen LogP contribution >= 0.6 is 0 Å². The molecule has 2 nitrogen and oxygen atoms in total. The van der Waals surface area contributed by atoms with Crippen LogP contribution in [0.3, 0.4) is 0 Å². The average Bonchev–Trinajstić information content (AvgIpc) is 3.62. The lowest BCUT2D eigenvalue weighted by atomic mass is 9.78. The molecule has 0 atom stereocenters. The number of anilines is 1. The lowest BCUT2D eigenvalue weighted by Crippen LogP contribution is -2.17. The number of fused-ring (bicyclic) bond motifs is 6. The van der Waals surface area contributed by atoms with E-state index >= 15 is 0 Å². The molecule has 5 aromatic carbocycles. The second-order valence-electron chi connectivity index (χ2n) is 14.2. The van der Waals surface area contributed by atoms with Crippen LogP contribution in [0.4, 0.5) is 5.69 Å². The number of hydrogen-bond acceptors (Lipinski definition) is 2. The number of furan rings is 1. The number of rotatable bonds is 8. The molecule has 1 heterocycles. The van der Waals surface area contributed by atoms with E-state index in [4.69, 9.17) is 4.42 Å². The zero-order valence-electron chi connectivity index (χ0n) is 29.4. The van der Waals surface area contributed by atoms with Crippen molar-refractivity contribution in [3.63, 3.8) is 0 Å². The highest BCUT2D eigenvalue weighted by molar-refractivity contribution is 6.05. The largest absolute Gasteiger partial charge is 0.456 e. The van der Waals surface area contributed by atoms with E-state index in [2.05, 4.69) is 155 Å². The Bertz CT molecular complexity index is 2490. The molecule has 0 amide bonds. The highest BCUT2D eigenvalue weighted by atomic mass is 16.3. The van der Waals surface area contributed by atoms with E-state index in [0.717, 1.165) is 47.1 Å². The van der Waals surface area contributed by atoms with Crippen molar-refractivity contribution in [3.05, 3.63) is 172 Å². The second-order valence-corrected chi connectivity index (χ2v) is 14.2. The summed E-state index contributed by atoms with van der Waals surface area (Å²) in [6.07, 6.45) is 20.9. The van der Waals surface area contributed by atoms with E-state index in [1.165, 1.54) is 60.7 Å². The Kier molecular flexibility index (Phi) is 8.04. The minimum Gasteiger partial charge on any atom is -0.456 e. The molecule has 246 valence electrons. The van der Waals surface area contributed by atoms with Gasteiger partial charge in [-0.15, -0.1) is 0 Å². The Morgan fingerprint density at radius 2 is 1.62 bits per heavy atom. The fourth-order valence-electron chi connectivity index (χ4n) is 8.12. The third-order valence-electron chi connectivity index (χ3n) is 10.8. The SMILES string of the molecule is C=Cc1c(/C=C\C(C)=C\Cc2ccc3oc4ccccc4c3c2)c(/C=C/Nc2ccc3c(c2)C2=C(CCC=C2)C3(C)C)c2ccccc2c1C. The van der Waals surface area contributed by atoms with E-state index in [1.54, 1.807) is 5.57 Å². The average molecular weight is 650 g/mol. The first-order valence-corrected chi connectivity index (χ1v) is 17.7. The van der Waals surface area contributed by atoms with E-state index in [-0.39, 0.29) is 5.41 Å². The second kappa shape index (κ2) is 12.7. The maximum atomic E-state index is 6.04. The van der Waals surface area contributed by atoms with Crippen LogP contribution in [0.5, 0.6) is 0 Å². The number of para-hydroxylation sites is 1. The van der Waals surface area contributed by atoms with Crippen molar-refractivity contribution in [1.82, 2.24) is 0 Å². The topological polar surface area (TPSA) is 25.2 Å². The van der Waals surface area contributed by atoms with Gasteiger partial charge in [-0.1, -0.05) is 123 Å². The number of allylic oxidation sites excluding steroid dienone is 7. The molecule has 50 heavy (non-hydrogen) atoms. The van der Waals surface area contributed by atoms with Gasteiger partial charge < -0.3 is 9.73 Å². The summed E-state index contributed by atoms with van der Waals surface area (Å²) in [5.41, 5.74) is 16.0. The van der Waals surface area contributed by atoms with Gasteiger partial charge in [-0.2, -0.15) is 0 Å². The van der Waals surface area contributed by atoms with Crippen molar-refractivity contribution < 1.29 is 4.42 Å². The molecule has 1 aromatic heterocycles. The van der Waals surface area contributed by atoms with Crippen LogP contribution in [0.2, 0.25) is 0 Å². The smallest absolute Gasteiger partial charge is 0.135 e. The van der Waals surface area contributed by atoms with Gasteiger partial charge in [0.15, 0.2) is 0 Å². The third kappa shape index (κ3) is 5.46. The maximum Gasteiger partial charge on any atom is 0.135 e. The summed E-state index contributed by atoms with van der Waals surface area (Å²) in [6, 6.07) is 30.3. The van der Waals surface area contributed by atoms with Gasteiger partial charge in [0, 0.05) is 28.1 Å². The first-order chi connectivity index (χ1) is 24.3. The fourth-order valence-corrected chi connectivity index (χ4v) is 8.12. The summed E-state index contributed by atoms with van der Waals surface area (Å²) in [7, 11) is 0. The van der Waals surface area contributed by atoms with Crippen LogP contribution < -0.4 is 5.32 Å². The molecule has 0 saturated carbocycles. The highest BCUT2D eigenvalue weighted by Gasteiger charge is 2.37. The molecule has 1 N–H and O–H groups in total. The van der Waals surface area contributed by atoms with Crippen LogP contribution in [0, 0.1) is 6.92 Å². The van der Waals surface area contributed by atoms with Gasteiger partial charge in [-0.3, -0.25) is 0 Å². The molecule has 2 heteroatoms. The number of aryl methyl sites for hydroxylation is 1. The molecule has 0 spiro atoms. The Labute approximate surface area is 295 Å². The predicted molar refractivity (Wildman–Crippen MR) is 216 cm³/mol. The first-order valence-electron chi connectivity index (χ1n) is 17.7. The lowest BCUT2D eigenvalue weighted by molar-refractivity contribution is 0.607. The van der Waals surface area contributed by atoms with Gasteiger partial charge in [0.05, 0.1) is 0 Å². The van der Waals surface area contributed by atoms with Crippen LogP contribution in [-0.2, 0) is 11.8 Å². The summed E-state index contributed by atoms with van der Waals surface area (Å²) in [5.74, 6) is 0. The molecular weight excluding hydrogens is 607 g/mol. The van der Waals surface area contributed by atoms with Crippen LogP contribution in [0.25, 0.3) is 56.5 Å². The minimum atomic E-state index is 0.0851. The minimum absolute atomic E-state index is 0.0851. The maximum absolute atomic E-state index is 6.04. The van der Waals surface area contributed by atoms with Gasteiger partial charge in [0.2, 0.25) is 0 Å². The monoisotopic (exact) mass is 649 g/mol. The van der Waals surface area contributed by atoms with E-state index in [9.17, 15) is 0 Å². The third-order valence-corrected chi connectivity index (χ3v) is 10.8. The molecule has 2 aliphatic rings. The summed E-state index contributed by atoms with van der Waals surface area (Å²) in [6.45, 7) is 13.4. The van der Waals surface area contributed by atoms with Crippen LogP contribution in [0.1, 0.15) is 72.6 Å².